The number of pyridine rings is 1. The smallest absolute Gasteiger partial charge is 0.257 e. The zero-order chi connectivity index (χ0) is 18.6. The molecule has 1 aromatic heterocycles. The van der Waals surface area contributed by atoms with Crippen LogP contribution >= 0.6 is 0 Å². The van der Waals surface area contributed by atoms with E-state index in [-0.39, 0.29) is 5.91 Å². The molecule has 1 aliphatic heterocycles. The van der Waals surface area contributed by atoms with Crippen LogP contribution in [0, 0.1) is 11.3 Å². The van der Waals surface area contributed by atoms with Gasteiger partial charge in [-0.05, 0) is 54.8 Å². The lowest BCUT2D eigenvalue weighted by atomic mass is 10.0. The van der Waals surface area contributed by atoms with Gasteiger partial charge in [0.05, 0.1) is 17.2 Å². The van der Waals surface area contributed by atoms with Crippen molar-refractivity contribution >= 4 is 23.1 Å². The lowest BCUT2D eigenvalue weighted by molar-refractivity contribution is 0.102. The largest absolute Gasteiger partial charge is 0.326 e. The first-order valence-corrected chi connectivity index (χ1v) is 8.87. The molecule has 2 heterocycles. The molecule has 0 unspecified atom stereocenters. The van der Waals surface area contributed by atoms with Gasteiger partial charge in [-0.25, -0.2) is 4.98 Å². The first-order valence-electron chi connectivity index (χ1n) is 8.87. The summed E-state index contributed by atoms with van der Waals surface area (Å²) < 4.78 is 0. The normalized spacial score (nSPS) is 12.8. The van der Waals surface area contributed by atoms with Crippen molar-refractivity contribution in [1.82, 2.24) is 4.98 Å². The third kappa shape index (κ3) is 3.51. The van der Waals surface area contributed by atoms with E-state index in [2.05, 4.69) is 39.5 Å². The highest BCUT2D eigenvalue weighted by molar-refractivity contribution is 6.04. The molecule has 0 aliphatic carbocycles. The predicted octanol–water partition coefficient (Wildman–Crippen LogP) is 4.29. The number of anilines is 3. The number of hydrogen-bond donors (Lipinski definition) is 1. The van der Waals surface area contributed by atoms with E-state index in [0.29, 0.717) is 16.8 Å². The molecule has 2 aromatic carbocycles. The Hall–Kier alpha value is -3.65. The minimum Gasteiger partial charge on any atom is -0.326 e. The number of para-hydroxylation sites is 1. The van der Waals surface area contributed by atoms with Crippen molar-refractivity contribution in [2.45, 2.75) is 12.8 Å². The van der Waals surface area contributed by atoms with E-state index in [9.17, 15) is 4.79 Å². The number of aromatic nitrogens is 1. The van der Waals surface area contributed by atoms with Crippen molar-refractivity contribution < 1.29 is 4.79 Å². The molecule has 1 aliphatic rings. The number of nitrogens with one attached hydrogen (secondary N) is 1. The Morgan fingerprint density at radius 3 is 2.81 bits per heavy atom. The lowest BCUT2D eigenvalue weighted by Gasteiger charge is -2.30. The first-order chi connectivity index (χ1) is 13.2. The fourth-order valence-corrected chi connectivity index (χ4v) is 3.32. The molecule has 3 aromatic rings. The number of nitrogens with zero attached hydrogens (tertiary/aromatic N) is 3. The van der Waals surface area contributed by atoms with E-state index in [1.165, 1.54) is 11.3 Å². The number of fused-ring (bicyclic) bond motifs is 1. The van der Waals surface area contributed by atoms with Crippen LogP contribution < -0.4 is 10.2 Å². The Morgan fingerprint density at radius 2 is 2.00 bits per heavy atom. The van der Waals surface area contributed by atoms with Gasteiger partial charge in [-0.1, -0.05) is 24.3 Å². The van der Waals surface area contributed by atoms with E-state index >= 15 is 0 Å². The van der Waals surface area contributed by atoms with Crippen molar-refractivity contribution in [2.75, 3.05) is 16.8 Å². The molecule has 5 heteroatoms. The van der Waals surface area contributed by atoms with Crippen molar-refractivity contribution in [3.05, 3.63) is 83.6 Å². The van der Waals surface area contributed by atoms with E-state index in [1.807, 2.05) is 12.1 Å². The molecule has 1 amide bonds. The number of amides is 1. The standard InChI is InChI=1S/C22H18N4O/c23-14-16-5-3-8-19(13-16)25-22(27)18-10-11-21(24-15-18)26-12-4-7-17-6-1-2-9-20(17)26/h1-3,5-6,8-11,13,15H,4,7,12H2,(H,25,27). The highest BCUT2D eigenvalue weighted by atomic mass is 16.1. The van der Waals surface area contributed by atoms with E-state index in [0.717, 1.165) is 25.2 Å². The van der Waals surface area contributed by atoms with Gasteiger partial charge < -0.3 is 10.2 Å². The number of nitriles is 1. The number of aryl methyl sites for hydroxylation is 1. The Balaban J connectivity index is 1.53. The molecule has 1 N–H and O–H groups in total. The monoisotopic (exact) mass is 354 g/mol. The van der Waals surface area contributed by atoms with Crippen molar-refractivity contribution in [3.63, 3.8) is 0 Å². The predicted molar refractivity (Wildman–Crippen MR) is 105 cm³/mol. The van der Waals surface area contributed by atoms with Crippen LogP contribution in [-0.4, -0.2) is 17.4 Å². The zero-order valence-corrected chi connectivity index (χ0v) is 14.7. The third-order valence-corrected chi connectivity index (χ3v) is 4.65. The van der Waals surface area contributed by atoms with Crippen LogP contribution in [0.25, 0.3) is 0 Å². The van der Waals surface area contributed by atoms with Gasteiger partial charge in [0, 0.05) is 24.1 Å². The molecule has 0 radical (unpaired) electrons. The van der Waals surface area contributed by atoms with Crippen molar-refractivity contribution in [1.29, 1.82) is 5.26 Å². The van der Waals surface area contributed by atoms with Crippen LogP contribution in [0.2, 0.25) is 0 Å². The van der Waals surface area contributed by atoms with Crippen LogP contribution in [0.1, 0.15) is 27.9 Å². The fraction of sp³-hybridized carbons (Fsp3) is 0.136. The summed E-state index contributed by atoms with van der Waals surface area (Å²) in [7, 11) is 0. The Morgan fingerprint density at radius 1 is 1.11 bits per heavy atom. The Labute approximate surface area is 157 Å². The second-order valence-corrected chi connectivity index (χ2v) is 6.44. The minimum atomic E-state index is -0.247. The summed E-state index contributed by atoms with van der Waals surface area (Å²) in [6, 6.07) is 20.9. The molecule has 0 spiro atoms. The molecule has 132 valence electrons. The fourth-order valence-electron chi connectivity index (χ4n) is 3.32. The SMILES string of the molecule is N#Cc1cccc(NC(=O)c2ccc(N3CCCc4ccccc43)nc2)c1. The second-order valence-electron chi connectivity index (χ2n) is 6.44. The molecule has 0 bridgehead atoms. The van der Waals surface area contributed by atoms with Gasteiger partial charge in [0.2, 0.25) is 0 Å². The Kier molecular flexibility index (Phi) is 4.54. The van der Waals surface area contributed by atoms with Crippen LogP contribution in [0.5, 0.6) is 0 Å². The molecule has 4 rings (SSSR count). The average molecular weight is 354 g/mol. The van der Waals surface area contributed by atoms with Crippen LogP contribution in [0.15, 0.2) is 66.9 Å². The number of benzene rings is 2. The molecule has 0 fully saturated rings. The lowest BCUT2D eigenvalue weighted by Crippen LogP contribution is -2.25. The van der Waals surface area contributed by atoms with Crippen LogP contribution in [0.3, 0.4) is 0 Å². The van der Waals surface area contributed by atoms with Crippen LogP contribution in [0.4, 0.5) is 17.2 Å². The number of carbonyl (C=O) groups is 1. The maximum Gasteiger partial charge on any atom is 0.257 e. The highest BCUT2D eigenvalue weighted by Gasteiger charge is 2.19. The summed E-state index contributed by atoms with van der Waals surface area (Å²) in [6.07, 6.45) is 3.75. The molecule has 5 nitrogen and oxygen atoms in total. The molecular weight excluding hydrogens is 336 g/mol. The van der Waals surface area contributed by atoms with Crippen LogP contribution in [-0.2, 0) is 6.42 Å². The van der Waals surface area contributed by atoms with Gasteiger partial charge in [-0.15, -0.1) is 0 Å². The average Bonchev–Trinajstić information content (AvgIpc) is 2.73. The van der Waals surface area contributed by atoms with Gasteiger partial charge in [-0.2, -0.15) is 5.26 Å². The third-order valence-electron chi connectivity index (χ3n) is 4.65. The number of rotatable bonds is 3. The van der Waals surface area contributed by atoms with Gasteiger partial charge in [0.25, 0.3) is 5.91 Å². The number of hydrogen-bond acceptors (Lipinski definition) is 4. The minimum absolute atomic E-state index is 0.247. The van der Waals surface area contributed by atoms with E-state index < -0.39 is 0 Å². The summed E-state index contributed by atoms with van der Waals surface area (Å²) in [5.41, 5.74) is 4.08. The zero-order valence-electron chi connectivity index (χ0n) is 14.7. The quantitative estimate of drug-likeness (QED) is 0.762. The van der Waals surface area contributed by atoms with E-state index in [4.69, 9.17) is 5.26 Å². The molecule has 0 saturated carbocycles. The molecule has 0 atom stereocenters. The van der Waals surface area contributed by atoms with Gasteiger partial charge in [0.15, 0.2) is 0 Å². The maximum atomic E-state index is 12.5. The Bertz CT molecular complexity index is 1020. The summed E-state index contributed by atoms with van der Waals surface area (Å²) in [5, 5.41) is 11.8. The number of carbonyl (C=O) groups excluding carboxylic acids is 1. The summed E-state index contributed by atoms with van der Waals surface area (Å²) in [4.78, 5) is 19.2. The molecular formula is C22H18N4O. The molecule has 0 saturated heterocycles. The summed E-state index contributed by atoms with van der Waals surface area (Å²) in [5.74, 6) is 0.591. The summed E-state index contributed by atoms with van der Waals surface area (Å²) in [6.45, 7) is 0.913. The highest BCUT2D eigenvalue weighted by Crippen LogP contribution is 2.32. The second kappa shape index (κ2) is 7.30. The maximum absolute atomic E-state index is 12.5. The van der Waals surface area contributed by atoms with E-state index in [1.54, 1.807) is 36.5 Å². The van der Waals surface area contributed by atoms with Gasteiger partial charge >= 0.3 is 0 Å². The van der Waals surface area contributed by atoms with Crippen molar-refractivity contribution in [2.24, 2.45) is 0 Å². The molecule has 27 heavy (non-hydrogen) atoms. The topological polar surface area (TPSA) is 69.0 Å². The van der Waals surface area contributed by atoms with Gasteiger partial charge in [0.1, 0.15) is 5.82 Å². The summed E-state index contributed by atoms with van der Waals surface area (Å²) >= 11 is 0. The van der Waals surface area contributed by atoms with Crippen molar-refractivity contribution in [3.8, 4) is 6.07 Å². The first kappa shape index (κ1) is 16.8. The van der Waals surface area contributed by atoms with Gasteiger partial charge in [-0.3, -0.25) is 4.79 Å².